The van der Waals surface area contributed by atoms with Crippen LogP contribution in [0.1, 0.15) is 17.8 Å². The van der Waals surface area contributed by atoms with Crippen LogP contribution in [0.3, 0.4) is 0 Å². The smallest absolute Gasteiger partial charge is 0.258 e. The van der Waals surface area contributed by atoms with Crippen LogP contribution in [0.4, 0.5) is 14.5 Å². The molecule has 13 heavy (non-hydrogen) atoms. The zero-order chi connectivity index (χ0) is 10.0. The lowest BCUT2D eigenvalue weighted by Gasteiger charge is -2.00. The molecular formula is C7H6F2N2O2. The number of hydrogen-bond acceptors (Lipinski definition) is 3. The second-order valence-corrected chi connectivity index (χ2v) is 2.41. The minimum atomic E-state index is -2.92. The number of pyridine rings is 1. The van der Waals surface area contributed by atoms with Gasteiger partial charge < -0.3 is 0 Å². The van der Waals surface area contributed by atoms with Crippen molar-refractivity contribution in [3.8, 4) is 0 Å². The Balaban J connectivity index is 3.26. The van der Waals surface area contributed by atoms with Gasteiger partial charge in [0, 0.05) is 11.8 Å². The fourth-order valence-corrected chi connectivity index (χ4v) is 0.884. The van der Waals surface area contributed by atoms with Crippen molar-refractivity contribution in [3.63, 3.8) is 0 Å². The molecule has 70 valence electrons. The van der Waals surface area contributed by atoms with Gasteiger partial charge in [0.25, 0.3) is 12.1 Å². The highest BCUT2D eigenvalue weighted by Gasteiger charge is 2.22. The topological polar surface area (TPSA) is 56.0 Å². The molecule has 1 rings (SSSR count). The predicted molar refractivity (Wildman–Crippen MR) is 40.6 cm³/mol. The first-order chi connectivity index (χ1) is 6.02. The summed E-state index contributed by atoms with van der Waals surface area (Å²) >= 11 is 0. The van der Waals surface area contributed by atoms with E-state index in [0.717, 1.165) is 6.07 Å². The minimum Gasteiger partial charge on any atom is -0.258 e. The monoisotopic (exact) mass is 188 g/mol. The highest BCUT2D eigenvalue weighted by Crippen LogP contribution is 2.26. The van der Waals surface area contributed by atoms with E-state index in [1.54, 1.807) is 0 Å². The fraction of sp³-hybridized carbons (Fsp3) is 0.286. The number of aryl methyl sites for hydroxylation is 1. The van der Waals surface area contributed by atoms with E-state index < -0.39 is 22.7 Å². The summed E-state index contributed by atoms with van der Waals surface area (Å²) in [5.74, 6) is 0. The maximum absolute atomic E-state index is 12.2. The summed E-state index contributed by atoms with van der Waals surface area (Å²) in [6, 6.07) is 2.36. The molecule has 0 radical (unpaired) electrons. The second kappa shape index (κ2) is 3.42. The molecule has 0 N–H and O–H groups in total. The molecule has 0 unspecified atom stereocenters. The standard InChI is InChI=1S/C7H6F2N2O2/c1-4-2-3-5(11(12)13)6(10-4)7(8)9/h2-3,7H,1H3. The fourth-order valence-electron chi connectivity index (χ4n) is 0.884. The number of halogens is 2. The van der Waals surface area contributed by atoms with E-state index in [1.807, 2.05) is 0 Å². The van der Waals surface area contributed by atoms with Gasteiger partial charge >= 0.3 is 0 Å². The molecule has 0 aliphatic carbocycles. The molecule has 0 fully saturated rings. The Bertz CT molecular complexity index is 341. The second-order valence-electron chi connectivity index (χ2n) is 2.41. The lowest BCUT2D eigenvalue weighted by atomic mass is 10.2. The van der Waals surface area contributed by atoms with Gasteiger partial charge in [-0.3, -0.25) is 10.1 Å². The average molecular weight is 188 g/mol. The Morgan fingerprint density at radius 3 is 2.62 bits per heavy atom. The van der Waals surface area contributed by atoms with Gasteiger partial charge in [-0.2, -0.15) is 0 Å². The van der Waals surface area contributed by atoms with Gasteiger partial charge in [-0.15, -0.1) is 0 Å². The van der Waals surface area contributed by atoms with E-state index in [2.05, 4.69) is 4.98 Å². The summed E-state index contributed by atoms with van der Waals surface area (Å²) in [6.07, 6.45) is -2.92. The third-order valence-electron chi connectivity index (χ3n) is 1.45. The molecule has 1 aromatic heterocycles. The van der Waals surface area contributed by atoms with Gasteiger partial charge in [-0.05, 0) is 13.0 Å². The molecule has 0 atom stereocenters. The zero-order valence-corrected chi connectivity index (χ0v) is 6.70. The van der Waals surface area contributed by atoms with Crippen LogP contribution in [-0.4, -0.2) is 9.91 Å². The zero-order valence-electron chi connectivity index (χ0n) is 6.70. The molecule has 1 aromatic rings. The number of rotatable bonds is 2. The predicted octanol–water partition coefficient (Wildman–Crippen LogP) is 2.24. The molecule has 0 saturated heterocycles. The normalized spacial score (nSPS) is 10.5. The summed E-state index contributed by atoms with van der Waals surface area (Å²) in [7, 11) is 0. The van der Waals surface area contributed by atoms with Crippen LogP contribution in [0.2, 0.25) is 0 Å². The van der Waals surface area contributed by atoms with Crippen molar-refractivity contribution in [2.24, 2.45) is 0 Å². The van der Waals surface area contributed by atoms with E-state index >= 15 is 0 Å². The first-order valence-electron chi connectivity index (χ1n) is 3.42. The van der Waals surface area contributed by atoms with E-state index in [1.165, 1.54) is 13.0 Å². The highest BCUT2D eigenvalue weighted by atomic mass is 19.3. The highest BCUT2D eigenvalue weighted by molar-refractivity contribution is 5.36. The summed E-state index contributed by atoms with van der Waals surface area (Å²) < 4.78 is 24.4. The summed E-state index contributed by atoms with van der Waals surface area (Å²) in [4.78, 5) is 12.8. The van der Waals surface area contributed by atoms with Gasteiger partial charge in [0.15, 0.2) is 5.69 Å². The molecule has 0 amide bonds. The lowest BCUT2D eigenvalue weighted by Crippen LogP contribution is -2.00. The molecule has 4 nitrogen and oxygen atoms in total. The van der Waals surface area contributed by atoms with Crippen LogP contribution in [0.5, 0.6) is 0 Å². The quantitative estimate of drug-likeness (QED) is 0.528. The van der Waals surface area contributed by atoms with E-state index in [9.17, 15) is 18.9 Å². The summed E-state index contributed by atoms with van der Waals surface area (Å²) in [6.45, 7) is 1.50. The Morgan fingerprint density at radius 1 is 1.54 bits per heavy atom. The maximum atomic E-state index is 12.2. The molecule has 0 spiro atoms. The Labute approximate surface area is 72.4 Å². The van der Waals surface area contributed by atoms with Gasteiger partial charge in [0.2, 0.25) is 0 Å². The van der Waals surface area contributed by atoms with Crippen LogP contribution in [0, 0.1) is 17.0 Å². The van der Waals surface area contributed by atoms with Crippen molar-refractivity contribution < 1.29 is 13.7 Å². The Hall–Kier alpha value is -1.59. The number of alkyl halides is 2. The van der Waals surface area contributed by atoms with Crippen LogP contribution in [0.25, 0.3) is 0 Å². The SMILES string of the molecule is Cc1ccc([N+](=O)[O-])c(C(F)F)n1. The molecular weight excluding hydrogens is 182 g/mol. The Morgan fingerprint density at radius 2 is 2.15 bits per heavy atom. The molecule has 0 bridgehead atoms. The van der Waals surface area contributed by atoms with Crippen LogP contribution >= 0.6 is 0 Å². The summed E-state index contributed by atoms with van der Waals surface area (Å²) in [5, 5.41) is 10.3. The van der Waals surface area contributed by atoms with Crippen molar-refractivity contribution in [1.29, 1.82) is 0 Å². The lowest BCUT2D eigenvalue weighted by molar-refractivity contribution is -0.386. The van der Waals surface area contributed by atoms with E-state index in [0.29, 0.717) is 5.69 Å². The van der Waals surface area contributed by atoms with Gasteiger partial charge in [0.1, 0.15) is 0 Å². The molecule has 1 heterocycles. The average Bonchev–Trinajstić information content (AvgIpc) is 2.03. The third kappa shape index (κ3) is 1.95. The van der Waals surface area contributed by atoms with Crippen molar-refractivity contribution in [1.82, 2.24) is 4.98 Å². The van der Waals surface area contributed by atoms with Crippen LogP contribution in [0.15, 0.2) is 12.1 Å². The third-order valence-corrected chi connectivity index (χ3v) is 1.45. The molecule has 0 aromatic carbocycles. The van der Waals surface area contributed by atoms with Crippen molar-refractivity contribution in [3.05, 3.63) is 33.6 Å². The van der Waals surface area contributed by atoms with Crippen LogP contribution < -0.4 is 0 Å². The molecule has 6 heteroatoms. The summed E-state index contributed by atoms with van der Waals surface area (Å²) in [5.41, 5.74) is -1.08. The molecule has 0 saturated carbocycles. The number of aromatic nitrogens is 1. The number of nitrogens with zero attached hydrogens (tertiary/aromatic N) is 2. The van der Waals surface area contributed by atoms with Gasteiger partial charge in [-0.1, -0.05) is 0 Å². The largest absolute Gasteiger partial charge is 0.296 e. The van der Waals surface area contributed by atoms with E-state index in [4.69, 9.17) is 0 Å². The maximum Gasteiger partial charge on any atom is 0.296 e. The van der Waals surface area contributed by atoms with Crippen molar-refractivity contribution in [2.45, 2.75) is 13.3 Å². The van der Waals surface area contributed by atoms with Crippen LogP contribution in [-0.2, 0) is 0 Å². The van der Waals surface area contributed by atoms with Gasteiger partial charge in [-0.25, -0.2) is 13.8 Å². The number of nitro groups is 1. The first-order valence-corrected chi connectivity index (χ1v) is 3.42. The Kier molecular flexibility index (Phi) is 2.50. The minimum absolute atomic E-state index is 0.334. The molecule has 0 aliphatic rings. The van der Waals surface area contributed by atoms with Crippen molar-refractivity contribution >= 4 is 5.69 Å². The molecule has 0 aliphatic heterocycles. The first kappa shape index (κ1) is 9.50. The number of hydrogen-bond donors (Lipinski definition) is 0. The van der Waals surface area contributed by atoms with Crippen molar-refractivity contribution in [2.75, 3.05) is 0 Å². The van der Waals surface area contributed by atoms with E-state index in [-0.39, 0.29) is 0 Å². The van der Waals surface area contributed by atoms with Gasteiger partial charge in [0.05, 0.1) is 4.92 Å².